The van der Waals surface area contributed by atoms with Crippen molar-refractivity contribution in [2.75, 3.05) is 31.6 Å². The van der Waals surface area contributed by atoms with Gasteiger partial charge in [0.05, 0.1) is 13.2 Å². The lowest BCUT2D eigenvalue weighted by atomic mass is 10.2. The van der Waals surface area contributed by atoms with E-state index in [1.165, 1.54) is 6.08 Å². The van der Waals surface area contributed by atoms with Crippen LogP contribution in [0.15, 0.2) is 65.1 Å². The van der Waals surface area contributed by atoms with Crippen molar-refractivity contribution in [3.05, 3.63) is 72.0 Å². The maximum absolute atomic E-state index is 13.0. The molecule has 142 valence electrons. The van der Waals surface area contributed by atoms with Crippen LogP contribution < -0.4 is 5.32 Å². The third-order valence-corrected chi connectivity index (χ3v) is 4.56. The summed E-state index contributed by atoms with van der Waals surface area (Å²) in [4.78, 5) is 27.1. The van der Waals surface area contributed by atoms with E-state index in [0.29, 0.717) is 43.0 Å². The van der Waals surface area contributed by atoms with Gasteiger partial charge in [0.2, 0.25) is 11.7 Å². The first-order valence-corrected chi connectivity index (χ1v) is 9.15. The van der Waals surface area contributed by atoms with Crippen LogP contribution >= 0.6 is 0 Å². The number of anilines is 1. The van der Waals surface area contributed by atoms with Gasteiger partial charge in [-0.2, -0.15) is 0 Å². The molecule has 1 aliphatic heterocycles. The Morgan fingerprint density at radius 1 is 0.964 bits per heavy atom. The Hall–Kier alpha value is -3.38. The second-order valence-electron chi connectivity index (χ2n) is 6.44. The van der Waals surface area contributed by atoms with Crippen molar-refractivity contribution < 1.29 is 18.7 Å². The average Bonchev–Trinajstić information content (AvgIpc) is 3.11. The molecule has 4 rings (SSSR count). The Morgan fingerprint density at radius 2 is 1.68 bits per heavy atom. The molecule has 0 unspecified atom stereocenters. The highest BCUT2D eigenvalue weighted by Gasteiger charge is 2.27. The van der Waals surface area contributed by atoms with E-state index in [2.05, 4.69) is 5.32 Å². The molecule has 6 heteroatoms. The van der Waals surface area contributed by atoms with Crippen molar-refractivity contribution >= 4 is 34.5 Å². The number of morpholine rings is 1. The molecule has 28 heavy (non-hydrogen) atoms. The maximum Gasteiger partial charge on any atom is 0.291 e. The van der Waals surface area contributed by atoms with Gasteiger partial charge in [-0.25, -0.2) is 0 Å². The monoisotopic (exact) mass is 376 g/mol. The summed E-state index contributed by atoms with van der Waals surface area (Å²) in [7, 11) is 0. The standard InChI is InChI=1S/C22H20N2O4/c25-19(11-10-16-6-2-1-3-7-16)23-20-17-8-4-5-9-18(17)28-21(20)22(26)24-12-14-27-15-13-24/h1-11H,12-15H2,(H,23,25)/b11-10+. The van der Waals surface area contributed by atoms with Crippen molar-refractivity contribution in [3.8, 4) is 0 Å². The number of hydrogen-bond donors (Lipinski definition) is 1. The lowest BCUT2D eigenvalue weighted by Gasteiger charge is -2.26. The second kappa shape index (κ2) is 8.10. The molecular formula is C22H20N2O4. The summed E-state index contributed by atoms with van der Waals surface area (Å²) in [6.45, 7) is 1.98. The van der Waals surface area contributed by atoms with Crippen LogP contribution in [0.25, 0.3) is 17.0 Å². The van der Waals surface area contributed by atoms with Crippen molar-refractivity contribution in [1.82, 2.24) is 4.90 Å². The van der Waals surface area contributed by atoms with Gasteiger partial charge >= 0.3 is 0 Å². The largest absolute Gasteiger partial charge is 0.449 e. The number of hydrogen-bond acceptors (Lipinski definition) is 4. The molecule has 1 fully saturated rings. The smallest absolute Gasteiger partial charge is 0.291 e. The zero-order valence-electron chi connectivity index (χ0n) is 15.3. The number of rotatable bonds is 4. The minimum absolute atomic E-state index is 0.143. The normalized spacial score (nSPS) is 14.5. The summed E-state index contributed by atoms with van der Waals surface area (Å²) < 4.78 is 11.1. The van der Waals surface area contributed by atoms with E-state index >= 15 is 0 Å². The fourth-order valence-electron chi connectivity index (χ4n) is 3.13. The molecule has 0 spiro atoms. The number of amides is 2. The molecule has 2 aromatic carbocycles. The average molecular weight is 376 g/mol. The summed E-state index contributed by atoms with van der Waals surface area (Å²) in [6, 6.07) is 16.8. The molecule has 0 atom stereocenters. The lowest BCUT2D eigenvalue weighted by Crippen LogP contribution is -2.40. The predicted molar refractivity (Wildman–Crippen MR) is 107 cm³/mol. The third kappa shape index (κ3) is 3.82. The Balaban J connectivity index is 1.62. The SMILES string of the molecule is O=C(/C=C/c1ccccc1)Nc1c(C(=O)N2CCOCC2)oc2ccccc12. The van der Waals surface area contributed by atoms with Gasteiger partial charge in [0.25, 0.3) is 5.91 Å². The molecule has 1 aromatic heterocycles. The number of benzene rings is 2. The van der Waals surface area contributed by atoms with Gasteiger partial charge in [0.1, 0.15) is 11.3 Å². The van der Waals surface area contributed by atoms with Gasteiger partial charge in [-0.05, 0) is 23.8 Å². The number of nitrogens with zero attached hydrogens (tertiary/aromatic N) is 1. The van der Waals surface area contributed by atoms with E-state index < -0.39 is 0 Å². The number of carbonyl (C=O) groups excluding carboxylic acids is 2. The van der Waals surface area contributed by atoms with Crippen molar-refractivity contribution in [2.24, 2.45) is 0 Å². The zero-order chi connectivity index (χ0) is 19.3. The van der Waals surface area contributed by atoms with Gasteiger partial charge in [-0.1, -0.05) is 42.5 Å². The van der Waals surface area contributed by atoms with Crippen LogP contribution in [0.3, 0.4) is 0 Å². The number of furan rings is 1. The number of nitrogens with one attached hydrogen (secondary N) is 1. The number of fused-ring (bicyclic) bond motifs is 1. The highest BCUT2D eigenvalue weighted by Crippen LogP contribution is 2.32. The highest BCUT2D eigenvalue weighted by atomic mass is 16.5. The molecule has 0 saturated carbocycles. The van der Waals surface area contributed by atoms with E-state index in [-0.39, 0.29) is 17.6 Å². The van der Waals surface area contributed by atoms with Gasteiger partial charge in [0.15, 0.2) is 0 Å². The van der Waals surface area contributed by atoms with Crippen LogP contribution in [-0.2, 0) is 9.53 Å². The fourth-order valence-corrected chi connectivity index (χ4v) is 3.13. The zero-order valence-corrected chi connectivity index (χ0v) is 15.3. The Bertz CT molecular complexity index is 1020. The molecule has 6 nitrogen and oxygen atoms in total. The molecule has 2 heterocycles. The Kier molecular flexibility index (Phi) is 5.21. The van der Waals surface area contributed by atoms with E-state index in [4.69, 9.17) is 9.15 Å². The number of carbonyl (C=O) groups is 2. The summed E-state index contributed by atoms with van der Waals surface area (Å²) in [6.07, 6.45) is 3.17. The van der Waals surface area contributed by atoms with Crippen molar-refractivity contribution in [2.45, 2.75) is 0 Å². The van der Waals surface area contributed by atoms with Crippen LogP contribution in [0.4, 0.5) is 5.69 Å². The summed E-state index contributed by atoms with van der Waals surface area (Å²) in [5.41, 5.74) is 1.87. The second-order valence-corrected chi connectivity index (χ2v) is 6.44. The molecule has 2 amide bonds. The van der Waals surface area contributed by atoms with Crippen LogP contribution in [0, 0.1) is 0 Å². The van der Waals surface area contributed by atoms with Gasteiger partial charge in [0, 0.05) is 24.6 Å². The Morgan fingerprint density at radius 3 is 2.46 bits per heavy atom. The van der Waals surface area contributed by atoms with Crippen LogP contribution in [0.1, 0.15) is 16.1 Å². The molecule has 0 aliphatic carbocycles. The summed E-state index contributed by atoms with van der Waals surface area (Å²) in [5, 5.41) is 3.52. The minimum Gasteiger partial charge on any atom is -0.449 e. The Labute approximate surface area is 162 Å². The van der Waals surface area contributed by atoms with E-state index in [9.17, 15) is 9.59 Å². The van der Waals surface area contributed by atoms with Crippen molar-refractivity contribution in [3.63, 3.8) is 0 Å². The first kappa shape index (κ1) is 18.0. The minimum atomic E-state index is -0.327. The molecule has 0 bridgehead atoms. The number of para-hydroxylation sites is 1. The molecule has 1 aliphatic rings. The highest BCUT2D eigenvalue weighted by molar-refractivity contribution is 6.13. The van der Waals surface area contributed by atoms with Crippen LogP contribution in [0.5, 0.6) is 0 Å². The number of ether oxygens (including phenoxy) is 1. The quantitative estimate of drug-likeness (QED) is 0.707. The van der Waals surface area contributed by atoms with Crippen LogP contribution in [0.2, 0.25) is 0 Å². The fraction of sp³-hybridized carbons (Fsp3) is 0.182. The molecular weight excluding hydrogens is 356 g/mol. The molecule has 3 aromatic rings. The van der Waals surface area contributed by atoms with Gasteiger partial charge in [-0.15, -0.1) is 0 Å². The lowest BCUT2D eigenvalue weighted by molar-refractivity contribution is -0.111. The molecule has 0 radical (unpaired) electrons. The first-order valence-electron chi connectivity index (χ1n) is 9.15. The van der Waals surface area contributed by atoms with Crippen molar-refractivity contribution in [1.29, 1.82) is 0 Å². The van der Waals surface area contributed by atoms with E-state index in [1.807, 2.05) is 48.5 Å². The summed E-state index contributed by atoms with van der Waals surface area (Å²) >= 11 is 0. The van der Waals surface area contributed by atoms with E-state index in [1.54, 1.807) is 17.0 Å². The maximum atomic E-state index is 13.0. The van der Waals surface area contributed by atoms with E-state index in [0.717, 1.165) is 5.56 Å². The van der Waals surface area contributed by atoms with Gasteiger partial charge < -0.3 is 19.4 Å². The van der Waals surface area contributed by atoms with Gasteiger partial charge in [-0.3, -0.25) is 9.59 Å². The predicted octanol–water partition coefficient (Wildman–Crippen LogP) is 3.56. The first-order chi connectivity index (χ1) is 13.7. The third-order valence-electron chi connectivity index (χ3n) is 4.56. The molecule has 1 N–H and O–H groups in total. The molecule has 1 saturated heterocycles. The van der Waals surface area contributed by atoms with Crippen LogP contribution in [-0.4, -0.2) is 43.0 Å². The topological polar surface area (TPSA) is 71.8 Å². The summed E-state index contributed by atoms with van der Waals surface area (Å²) in [5.74, 6) is -0.433.